The molecule has 0 aliphatic carbocycles. The van der Waals surface area contributed by atoms with E-state index in [2.05, 4.69) is 4.98 Å². The van der Waals surface area contributed by atoms with Crippen molar-refractivity contribution in [1.29, 1.82) is 0 Å². The van der Waals surface area contributed by atoms with E-state index in [0.717, 1.165) is 5.56 Å². The molecule has 3 rings (SSSR count). The summed E-state index contributed by atoms with van der Waals surface area (Å²) >= 11 is 0. The van der Waals surface area contributed by atoms with Crippen LogP contribution in [0.25, 0.3) is 22.6 Å². The minimum absolute atomic E-state index is 0.0339. The van der Waals surface area contributed by atoms with Crippen LogP contribution in [0.15, 0.2) is 63.9 Å². The van der Waals surface area contributed by atoms with E-state index in [1.165, 1.54) is 12.1 Å². The molecule has 0 saturated heterocycles. The quantitative estimate of drug-likeness (QED) is 0.738. The van der Waals surface area contributed by atoms with Crippen molar-refractivity contribution in [3.63, 3.8) is 0 Å². The smallest absolute Gasteiger partial charge is 0.238 e. The minimum atomic E-state index is -3.74. The van der Waals surface area contributed by atoms with E-state index in [4.69, 9.17) is 14.7 Å². The van der Waals surface area contributed by atoms with E-state index in [9.17, 15) is 8.42 Å². The Bertz CT molecular complexity index is 932. The van der Waals surface area contributed by atoms with Crippen LogP contribution in [0.5, 0.6) is 0 Å². The topological polar surface area (TPSA) is 106 Å². The first-order valence-corrected chi connectivity index (χ1v) is 8.83. The number of nitrogens with two attached hydrogens (primary N) is 1. The third-order valence-electron chi connectivity index (χ3n) is 3.49. The molecule has 1 heterocycles. The van der Waals surface area contributed by atoms with Gasteiger partial charge in [-0.3, -0.25) is 0 Å². The van der Waals surface area contributed by atoms with Crippen LogP contribution in [0.4, 0.5) is 0 Å². The van der Waals surface area contributed by atoms with E-state index >= 15 is 0 Å². The lowest BCUT2D eigenvalue weighted by molar-refractivity contribution is 0.285. The van der Waals surface area contributed by atoms with Crippen molar-refractivity contribution in [1.82, 2.24) is 4.98 Å². The highest BCUT2D eigenvalue weighted by molar-refractivity contribution is 7.89. The molecule has 0 saturated carbocycles. The summed E-state index contributed by atoms with van der Waals surface area (Å²) in [7, 11) is -3.74. The Kier molecular flexibility index (Phi) is 4.48. The van der Waals surface area contributed by atoms with E-state index in [-0.39, 0.29) is 11.5 Å². The molecule has 6 nitrogen and oxygen atoms in total. The second kappa shape index (κ2) is 6.56. The summed E-state index contributed by atoms with van der Waals surface area (Å²) in [6, 6.07) is 15.6. The van der Waals surface area contributed by atoms with Crippen molar-refractivity contribution in [2.24, 2.45) is 5.14 Å². The van der Waals surface area contributed by atoms with Gasteiger partial charge < -0.3 is 9.52 Å². The van der Waals surface area contributed by atoms with Crippen LogP contribution in [0.3, 0.4) is 0 Å². The average molecular weight is 344 g/mol. The molecule has 0 fully saturated rings. The molecular weight excluding hydrogens is 328 g/mol. The van der Waals surface area contributed by atoms with Gasteiger partial charge >= 0.3 is 0 Å². The lowest BCUT2D eigenvalue weighted by Gasteiger charge is -2.03. The Hall–Kier alpha value is -2.48. The number of benzene rings is 2. The average Bonchev–Trinajstić information content (AvgIpc) is 2.99. The van der Waals surface area contributed by atoms with E-state index in [1.807, 2.05) is 30.3 Å². The highest BCUT2D eigenvalue weighted by Crippen LogP contribution is 2.33. The molecule has 1 aromatic heterocycles. The summed E-state index contributed by atoms with van der Waals surface area (Å²) in [6.45, 7) is -0.0709. The monoisotopic (exact) mass is 344 g/mol. The van der Waals surface area contributed by atoms with Crippen LogP contribution in [-0.2, 0) is 16.4 Å². The van der Waals surface area contributed by atoms with Crippen molar-refractivity contribution in [2.45, 2.75) is 11.3 Å². The summed E-state index contributed by atoms with van der Waals surface area (Å²) in [5.74, 6) is 0.990. The Morgan fingerprint density at radius 3 is 2.25 bits per heavy atom. The number of rotatable bonds is 5. The van der Waals surface area contributed by atoms with Crippen LogP contribution < -0.4 is 5.14 Å². The lowest BCUT2D eigenvalue weighted by atomic mass is 10.1. The first-order chi connectivity index (χ1) is 11.5. The standard InChI is InChI=1S/C17H16N2O4S/c18-24(21,22)14-8-6-12(7-9-14)16-17(13-4-2-1-3-5-13)23-15(19-16)10-11-20/h1-9,20H,10-11H2,(H2,18,21,22). The zero-order chi connectivity index (χ0) is 17.2. The third-order valence-corrected chi connectivity index (χ3v) is 4.42. The number of hydrogen-bond donors (Lipinski definition) is 2. The number of aliphatic hydroxyl groups is 1. The second-order valence-corrected chi connectivity index (χ2v) is 6.76. The molecule has 7 heteroatoms. The molecule has 124 valence electrons. The fourth-order valence-electron chi connectivity index (χ4n) is 2.35. The number of hydrogen-bond acceptors (Lipinski definition) is 5. The number of sulfonamides is 1. The third kappa shape index (κ3) is 3.38. The highest BCUT2D eigenvalue weighted by Gasteiger charge is 2.17. The Morgan fingerprint density at radius 1 is 1.00 bits per heavy atom. The summed E-state index contributed by atoms with van der Waals surface area (Å²) in [5.41, 5.74) is 2.14. The first kappa shape index (κ1) is 16.4. The number of nitrogens with zero attached hydrogens (tertiary/aromatic N) is 1. The largest absolute Gasteiger partial charge is 0.440 e. The fourth-order valence-corrected chi connectivity index (χ4v) is 2.87. The first-order valence-electron chi connectivity index (χ1n) is 7.28. The van der Waals surface area contributed by atoms with E-state index < -0.39 is 10.0 Å². The summed E-state index contributed by atoms with van der Waals surface area (Å²) in [6.07, 6.45) is 0.301. The Labute approximate surface area is 139 Å². The fraction of sp³-hybridized carbons (Fsp3) is 0.118. The number of primary sulfonamides is 1. The lowest BCUT2D eigenvalue weighted by Crippen LogP contribution is -2.11. The van der Waals surface area contributed by atoms with Gasteiger partial charge in [-0.1, -0.05) is 42.5 Å². The number of aromatic nitrogens is 1. The van der Waals surface area contributed by atoms with Crippen LogP contribution in [0, 0.1) is 0 Å². The van der Waals surface area contributed by atoms with Gasteiger partial charge in [-0.2, -0.15) is 0 Å². The van der Waals surface area contributed by atoms with Crippen molar-refractivity contribution >= 4 is 10.0 Å². The van der Waals surface area contributed by atoms with Gasteiger partial charge in [-0.05, 0) is 12.1 Å². The van der Waals surface area contributed by atoms with Gasteiger partial charge in [0.15, 0.2) is 11.7 Å². The van der Waals surface area contributed by atoms with Gasteiger partial charge in [0.2, 0.25) is 10.0 Å². The maximum Gasteiger partial charge on any atom is 0.238 e. The zero-order valence-corrected chi connectivity index (χ0v) is 13.5. The van der Waals surface area contributed by atoms with Gasteiger partial charge in [-0.25, -0.2) is 18.5 Å². The second-order valence-electron chi connectivity index (χ2n) is 5.19. The molecule has 0 bridgehead atoms. The maximum absolute atomic E-state index is 11.4. The van der Waals surface area contributed by atoms with Crippen molar-refractivity contribution < 1.29 is 17.9 Å². The molecular formula is C17H16N2O4S. The van der Waals surface area contributed by atoms with Crippen LogP contribution >= 0.6 is 0 Å². The number of aliphatic hydroxyl groups excluding tert-OH is 1. The van der Waals surface area contributed by atoms with Crippen LogP contribution in [0.2, 0.25) is 0 Å². The molecule has 0 aliphatic heterocycles. The molecule has 0 aliphatic rings. The van der Waals surface area contributed by atoms with E-state index in [0.29, 0.717) is 29.3 Å². The van der Waals surface area contributed by atoms with Crippen molar-refractivity contribution in [3.05, 3.63) is 60.5 Å². The summed E-state index contributed by atoms with van der Waals surface area (Å²) in [4.78, 5) is 4.46. The maximum atomic E-state index is 11.4. The van der Waals surface area contributed by atoms with E-state index in [1.54, 1.807) is 12.1 Å². The molecule has 0 atom stereocenters. The Balaban J connectivity index is 2.09. The molecule has 0 spiro atoms. The van der Waals surface area contributed by atoms with Gasteiger partial charge in [0, 0.05) is 17.5 Å². The summed E-state index contributed by atoms with van der Waals surface area (Å²) < 4.78 is 28.5. The molecule has 0 unspecified atom stereocenters. The molecule has 0 radical (unpaired) electrons. The van der Waals surface area contributed by atoms with Crippen molar-refractivity contribution in [2.75, 3.05) is 6.61 Å². The molecule has 3 N–H and O–H groups in total. The Morgan fingerprint density at radius 2 is 1.67 bits per heavy atom. The zero-order valence-electron chi connectivity index (χ0n) is 12.7. The van der Waals surface area contributed by atoms with Gasteiger partial charge in [0.1, 0.15) is 5.69 Å². The predicted octanol–water partition coefficient (Wildman–Crippen LogP) is 2.19. The van der Waals surface area contributed by atoms with Gasteiger partial charge in [0.25, 0.3) is 0 Å². The van der Waals surface area contributed by atoms with Crippen LogP contribution in [0.1, 0.15) is 5.89 Å². The highest BCUT2D eigenvalue weighted by atomic mass is 32.2. The van der Waals surface area contributed by atoms with Gasteiger partial charge in [0.05, 0.1) is 11.5 Å². The molecule has 0 amide bonds. The van der Waals surface area contributed by atoms with Crippen LogP contribution in [-0.4, -0.2) is 25.1 Å². The molecule has 3 aromatic rings. The molecule has 24 heavy (non-hydrogen) atoms. The van der Waals surface area contributed by atoms with Crippen molar-refractivity contribution in [3.8, 4) is 22.6 Å². The van der Waals surface area contributed by atoms with Gasteiger partial charge in [-0.15, -0.1) is 0 Å². The summed E-state index contributed by atoms with van der Waals surface area (Å²) in [5, 5.41) is 14.2. The SMILES string of the molecule is NS(=O)(=O)c1ccc(-c2nc(CCO)oc2-c2ccccc2)cc1. The molecule has 2 aromatic carbocycles. The normalized spacial score (nSPS) is 11.6. The number of oxazole rings is 1. The predicted molar refractivity (Wildman–Crippen MR) is 89.5 cm³/mol. The minimum Gasteiger partial charge on any atom is -0.440 e.